The van der Waals surface area contributed by atoms with Crippen molar-refractivity contribution in [1.29, 1.82) is 0 Å². The summed E-state index contributed by atoms with van der Waals surface area (Å²) in [6, 6.07) is 5.28. The molecule has 2 rings (SSSR count). The Balaban J connectivity index is 2.22. The molecule has 0 aliphatic rings. The van der Waals surface area contributed by atoms with Crippen molar-refractivity contribution in [2.45, 2.75) is 33.7 Å². The fourth-order valence-electron chi connectivity index (χ4n) is 2.45. The van der Waals surface area contributed by atoms with Gasteiger partial charge in [-0.05, 0) is 38.0 Å². The summed E-state index contributed by atoms with van der Waals surface area (Å²) in [5, 5.41) is 4.45. The fraction of sp³-hybridized carbons (Fsp3) is 0.533. The monoisotopic (exact) mass is 325 g/mol. The van der Waals surface area contributed by atoms with E-state index in [1.54, 1.807) is 17.0 Å². The van der Waals surface area contributed by atoms with E-state index in [1.165, 1.54) is 0 Å². The minimum Gasteiger partial charge on any atom is -0.467 e. The molecular weight excluding hydrogens is 302 g/mol. The van der Waals surface area contributed by atoms with Gasteiger partial charge in [-0.2, -0.15) is 5.10 Å². The van der Waals surface area contributed by atoms with Gasteiger partial charge in [-0.15, -0.1) is 0 Å². The van der Waals surface area contributed by atoms with Gasteiger partial charge in [-0.3, -0.25) is 4.68 Å². The molecule has 0 bridgehead atoms. The second-order valence-corrected chi connectivity index (χ2v) is 7.78. The molecular formula is C15H23N3O3S. The van der Waals surface area contributed by atoms with E-state index in [-0.39, 0.29) is 24.3 Å². The topological polar surface area (TPSA) is 77.1 Å². The molecule has 1 N–H and O–H groups in total. The average molecular weight is 325 g/mol. The van der Waals surface area contributed by atoms with Gasteiger partial charge in [0.25, 0.3) is 0 Å². The molecule has 2 aromatic rings. The second kappa shape index (κ2) is 6.66. The van der Waals surface area contributed by atoms with Gasteiger partial charge >= 0.3 is 0 Å². The van der Waals surface area contributed by atoms with Crippen molar-refractivity contribution in [1.82, 2.24) is 14.5 Å². The first-order valence-electron chi connectivity index (χ1n) is 7.32. The molecule has 7 heteroatoms. The fourth-order valence-corrected chi connectivity index (χ4v) is 3.86. The smallest absolute Gasteiger partial charge is 0.211 e. The summed E-state index contributed by atoms with van der Waals surface area (Å²) in [6.07, 6.45) is 1.58. The lowest BCUT2D eigenvalue weighted by Crippen LogP contribution is -2.34. The Hall–Kier alpha value is -1.60. The van der Waals surface area contributed by atoms with Crippen LogP contribution >= 0.6 is 0 Å². The average Bonchev–Trinajstić information content (AvgIpc) is 2.99. The van der Waals surface area contributed by atoms with Crippen molar-refractivity contribution in [2.75, 3.05) is 12.3 Å². The maximum Gasteiger partial charge on any atom is 0.211 e. The first kappa shape index (κ1) is 16.8. The highest BCUT2D eigenvalue weighted by atomic mass is 32.2. The van der Waals surface area contributed by atoms with Crippen LogP contribution in [0.15, 0.2) is 28.9 Å². The van der Waals surface area contributed by atoms with Gasteiger partial charge in [0.1, 0.15) is 11.8 Å². The molecule has 0 spiro atoms. The van der Waals surface area contributed by atoms with Crippen LogP contribution in [-0.2, 0) is 10.0 Å². The Morgan fingerprint density at radius 2 is 2.09 bits per heavy atom. The van der Waals surface area contributed by atoms with E-state index in [2.05, 4.69) is 9.82 Å². The lowest BCUT2D eigenvalue weighted by Gasteiger charge is -2.18. The molecule has 0 radical (unpaired) electrons. The minimum atomic E-state index is -3.31. The van der Waals surface area contributed by atoms with E-state index < -0.39 is 10.0 Å². The van der Waals surface area contributed by atoms with Crippen LogP contribution in [0.1, 0.15) is 37.0 Å². The normalized spacial score (nSPS) is 13.7. The Kier molecular flexibility index (Phi) is 5.08. The van der Waals surface area contributed by atoms with Crippen molar-refractivity contribution < 1.29 is 12.8 Å². The third kappa shape index (κ3) is 4.20. The van der Waals surface area contributed by atoms with Crippen LogP contribution in [-0.4, -0.2) is 30.5 Å². The van der Waals surface area contributed by atoms with Crippen molar-refractivity contribution >= 4 is 10.0 Å². The Bertz CT molecular complexity index is 702. The van der Waals surface area contributed by atoms with Crippen LogP contribution in [0.3, 0.4) is 0 Å². The van der Waals surface area contributed by atoms with Gasteiger partial charge in [0.15, 0.2) is 0 Å². The minimum absolute atomic E-state index is 0.0771. The first-order chi connectivity index (χ1) is 10.3. The molecule has 0 fully saturated rings. The van der Waals surface area contributed by atoms with Gasteiger partial charge in [0.2, 0.25) is 10.0 Å². The molecule has 22 heavy (non-hydrogen) atoms. The van der Waals surface area contributed by atoms with E-state index in [1.807, 2.05) is 39.8 Å². The highest BCUT2D eigenvalue weighted by molar-refractivity contribution is 7.89. The van der Waals surface area contributed by atoms with Crippen molar-refractivity contribution in [3.63, 3.8) is 0 Å². The van der Waals surface area contributed by atoms with Gasteiger partial charge in [0.05, 0.1) is 17.7 Å². The Morgan fingerprint density at radius 3 is 2.59 bits per heavy atom. The molecule has 2 heterocycles. The number of aryl methyl sites for hydroxylation is 2. The van der Waals surface area contributed by atoms with E-state index in [0.29, 0.717) is 5.76 Å². The largest absolute Gasteiger partial charge is 0.467 e. The van der Waals surface area contributed by atoms with Crippen LogP contribution in [0, 0.1) is 19.8 Å². The first-order valence-corrected chi connectivity index (χ1v) is 8.97. The van der Waals surface area contributed by atoms with E-state index >= 15 is 0 Å². The molecule has 1 atom stereocenters. The number of nitrogens with one attached hydrogen (secondary N) is 1. The molecule has 6 nitrogen and oxygen atoms in total. The molecule has 1 unspecified atom stereocenters. The van der Waals surface area contributed by atoms with Crippen LogP contribution < -0.4 is 4.72 Å². The van der Waals surface area contributed by atoms with Crippen LogP contribution in [0.25, 0.3) is 0 Å². The van der Waals surface area contributed by atoms with E-state index in [9.17, 15) is 8.42 Å². The van der Waals surface area contributed by atoms with Gasteiger partial charge in [-0.1, -0.05) is 13.8 Å². The second-order valence-electron chi connectivity index (χ2n) is 5.93. The molecule has 0 aromatic carbocycles. The van der Waals surface area contributed by atoms with Crippen LogP contribution in [0.5, 0.6) is 0 Å². The number of hydrogen-bond acceptors (Lipinski definition) is 4. The SMILES string of the molecule is Cc1cc(C)n(C(CNS(=O)(=O)CC(C)C)c2ccco2)n1. The van der Waals surface area contributed by atoms with Gasteiger partial charge in [-0.25, -0.2) is 13.1 Å². The quantitative estimate of drug-likeness (QED) is 0.847. The molecule has 0 aliphatic heterocycles. The summed E-state index contributed by atoms with van der Waals surface area (Å²) in [7, 11) is -3.31. The molecule has 0 saturated heterocycles. The number of aromatic nitrogens is 2. The maximum atomic E-state index is 12.1. The summed E-state index contributed by atoms with van der Waals surface area (Å²) >= 11 is 0. The predicted octanol–water partition coefficient (Wildman–Crippen LogP) is 2.26. The van der Waals surface area contributed by atoms with Crippen LogP contribution in [0.4, 0.5) is 0 Å². The molecule has 0 amide bonds. The highest BCUT2D eigenvalue weighted by Crippen LogP contribution is 2.20. The third-order valence-electron chi connectivity index (χ3n) is 3.26. The zero-order chi connectivity index (χ0) is 16.3. The molecule has 0 aliphatic carbocycles. The van der Waals surface area contributed by atoms with Crippen molar-refractivity contribution in [2.24, 2.45) is 5.92 Å². The summed E-state index contributed by atoms with van der Waals surface area (Å²) in [6.45, 7) is 7.82. The van der Waals surface area contributed by atoms with E-state index in [0.717, 1.165) is 11.4 Å². The zero-order valence-electron chi connectivity index (χ0n) is 13.4. The standard InChI is InChI=1S/C15H23N3O3S/c1-11(2)10-22(19,20)16-9-14(15-6-5-7-21-15)18-13(4)8-12(3)17-18/h5-8,11,14,16H,9-10H2,1-4H3. The van der Waals surface area contributed by atoms with Crippen molar-refractivity contribution in [3.05, 3.63) is 41.6 Å². The lowest BCUT2D eigenvalue weighted by atomic mass is 10.2. The predicted molar refractivity (Wildman–Crippen MR) is 85.2 cm³/mol. The summed E-state index contributed by atoms with van der Waals surface area (Å²) in [5.41, 5.74) is 1.85. The third-order valence-corrected chi connectivity index (χ3v) is 4.97. The molecule has 0 saturated carbocycles. The summed E-state index contributed by atoms with van der Waals surface area (Å²) in [4.78, 5) is 0. The summed E-state index contributed by atoms with van der Waals surface area (Å²) in [5.74, 6) is 0.862. The van der Waals surface area contributed by atoms with Crippen molar-refractivity contribution in [3.8, 4) is 0 Å². The van der Waals surface area contributed by atoms with Gasteiger partial charge in [0, 0.05) is 12.2 Å². The number of rotatable bonds is 7. The zero-order valence-corrected chi connectivity index (χ0v) is 14.2. The Morgan fingerprint density at radius 1 is 1.36 bits per heavy atom. The number of furan rings is 1. The number of nitrogens with zero attached hydrogens (tertiary/aromatic N) is 2. The van der Waals surface area contributed by atoms with E-state index in [4.69, 9.17) is 4.42 Å². The number of hydrogen-bond donors (Lipinski definition) is 1. The lowest BCUT2D eigenvalue weighted by molar-refractivity contribution is 0.396. The highest BCUT2D eigenvalue weighted by Gasteiger charge is 2.22. The Labute approximate surface area is 131 Å². The number of sulfonamides is 1. The summed E-state index contributed by atoms with van der Waals surface area (Å²) < 4.78 is 34.1. The maximum absolute atomic E-state index is 12.1. The molecule has 2 aromatic heterocycles. The van der Waals surface area contributed by atoms with Gasteiger partial charge < -0.3 is 4.42 Å². The van der Waals surface area contributed by atoms with Crippen LogP contribution in [0.2, 0.25) is 0 Å². The molecule has 122 valence electrons.